The van der Waals surface area contributed by atoms with Crippen LogP contribution in [-0.4, -0.2) is 39.7 Å². The van der Waals surface area contributed by atoms with E-state index in [1.165, 1.54) is 0 Å². The molecule has 1 fully saturated rings. The van der Waals surface area contributed by atoms with E-state index in [-0.39, 0.29) is 18.2 Å². The van der Waals surface area contributed by atoms with Gasteiger partial charge in [-0.05, 0) is 38.3 Å². The van der Waals surface area contributed by atoms with E-state index in [2.05, 4.69) is 10.6 Å². The van der Waals surface area contributed by atoms with Gasteiger partial charge in [0, 0.05) is 13.0 Å². The summed E-state index contributed by atoms with van der Waals surface area (Å²) in [6.45, 7) is 2.14. The summed E-state index contributed by atoms with van der Waals surface area (Å²) in [6, 6.07) is 0. The highest BCUT2D eigenvalue weighted by Crippen LogP contribution is 2.15. The molecule has 1 amide bonds. The average Bonchev–Trinajstić information content (AvgIpc) is 2.26. The van der Waals surface area contributed by atoms with Gasteiger partial charge in [-0.2, -0.15) is 0 Å². The van der Waals surface area contributed by atoms with Crippen LogP contribution in [0.3, 0.4) is 0 Å². The van der Waals surface area contributed by atoms with Crippen LogP contribution in [0, 0.1) is 5.92 Å². The number of hydrogen-bond acceptors (Lipinski definition) is 4. The van der Waals surface area contributed by atoms with E-state index in [1.54, 1.807) is 0 Å². The Morgan fingerprint density at radius 2 is 2.24 bits per heavy atom. The number of nitrogens with two attached hydrogens (primary N) is 1. The van der Waals surface area contributed by atoms with Crippen molar-refractivity contribution in [3.05, 3.63) is 0 Å². The van der Waals surface area contributed by atoms with E-state index in [0.29, 0.717) is 12.3 Å². The highest BCUT2D eigenvalue weighted by Gasteiger charge is 2.14. The van der Waals surface area contributed by atoms with E-state index >= 15 is 0 Å². The van der Waals surface area contributed by atoms with Crippen LogP contribution in [-0.2, 0) is 14.8 Å². The van der Waals surface area contributed by atoms with Gasteiger partial charge in [0.05, 0.1) is 5.75 Å². The molecule has 7 heteroatoms. The summed E-state index contributed by atoms with van der Waals surface area (Å²) in [5.41, 5.74) is 0. The standard InChI is InChI=1S/C10H21N3O3S/c11-17(15,16)7-6-13-10(14)4-3-9-2-1-5-12-8-9/h9,12H,1-8H2,(H,13,14)(H2,11,15,16). The molecule has 0 bridgehead atoms. The van der Waals surface area contributed by atoms with Crippen LogP contribution in [0.5, 0.6) is 0 Å². The minimum Gasteiger partial charge on any atom is -0.355 e. The van der Waals surface area contributed by atoms with Crippen molar-refractivity contribution in [1.82, 2.24) is 10.6 Å². The van der Waals surface area contributed by atoms with Gasteiger partial charge in [-0.1, -0.05) is 0 Å². The molecule has 0 aliphatic carbocycles. The Labute approximate surface area is 102 Å². The van der Waals surface area contributed by atoms with Crippen LogP contribution in [0.4, 0.5) is 0 Å². The molecule has 1 unspecified atom stereocenters. The minimum atomic E-state index is -3.48. The van der Waals surface area contributed by atoms with Crippen LogP contribution in [0.15, 0.2) is 0 Å². The van der Waals surface area contributed by atoms with Crippen LogP contribution in [0.1, 0.15) is 25.7 Å². The Morgan fingerprint density at radius 1 is 1.47 bits per heavy atom. The molecule has 4 N–H and O–H groups in total. The maximum absolute atomic E-state index is 11.4. The summed E-state index contributed by atoms with van der Waals surface area (Å²) >= 11 is 0. The van der Waals surface area contributed by atoms with Crippen molar-refractivity contribution in [2.45, 2.75) is 25.7 Å². The molecule has 0 aromatic carbocycles. The minimum absolute atomic E-state index is 0.0978. The van der Waals surface area contributed by atoms with E-state index in [4.69, 9.17) is 5.14 Å². The average molecular weight is 263 g/mol. The van der Waals surface area contributed by atoms with Crippen LogP contribution >= 0.6 is 0 Å². The normalized spacial score (nSPS) is 21.1. The van der Waals surface area contributed by atoms with Crippen molar-refractivity contribution in [2.24, 2.45) is 11.1 Å². The summed E-state index contributed by atoms with van der Waals surface area (Å²) in [4.78, 5) is 11.4. The third-order valence-corrected chi connectivity index (χ3v) is 3.66. The maximum Gasteiger partial charge on any atom is 0.220 e. The van der Waals surface area contributed by atoms with Crippen LogP contribution in [0.25, 0.3) is 0 Å². The Morgan fingerprint density at radius 3 is 2.82 bits per heavy atom. The molecule has 1 atom stereocenters. The van der Waals surface area contributed by atoms with Gasteiger partial charge >= 0.3 is 0 Å². The molecule has 0 saturated carbocycles. The Kier molecular flexibility index (Phi) is 5.87. The lowest BCUT2D eigenvalue weighted by molar-refractivity contribution is -0.121. The number of rotatable bonds is 6. The predicted octanol–water partition coefficient (Wildman–Crippen LogP) is -0.829. The molecule has 0 aromatic heterocycles. The third kappa shape index (κ3) is 7.30. The van der Waals surface area contributed by atoms with Crippen LogP contribution in [0.2, 0.25) is 0 Å². The first-order chi connectivity index (χ1) is 7.97. The molecule has 17 heavy (non-hydrogen) atoms. The van der Waals surface area contributed by atoms with Gasteiger partial charge in [-0.25, -0.2) is 13.6 Å². The summed E-state index contributed by atoms with van der Waals surface area (Å²) in [5.74, 6) is 0.260. The van der Waals surface area contributed by atoms with Gasteiger partial charge in [-0.15, -0.1) is 0 Å². The number of nitrogens with one attached hydrogen (secondary N) is 2. The molecule has 1 aliphatic heterocycles. The van der Waals surface area contributed by atoms with E-state index < -0.39 is 10.0 Å². The zero-order valence-corrected chi connectivity index (χ0v) is 10.8. The van der Waals surface area contributed by atoms with Crippen molar-refractivity contribution in [2.75, 3.05) is 25.4 Å². The Balaban J connectivity index is 2.08. The molecule has 1 aliphatic rings. The quantitative estimate of drug-likeness (QED) is 0.582. The second-order valence-electron chi connectivity index (χ2n) is 4.47. The van der Waals surface area contributed by atoms with Gasteiger partial charge in [0.15, 0.2) is 0 Å². The fraction of sp³-hybridized carbons (Fsp3) is 0.900. The van der Waals surface area contributed by atoms with Crippen molar-refractivity contribution in [3.63, 3.8) is 0 Å². The lowest BCUT2D eigenvalue weighted by atomic mass is 9.94. The van der Waals surface area contributed by atoms with E-state index in [9.17, 15) is 13.2 Å². The summed E-state index contributed by atoms with van der Waals surface area (Å²) in [5, 5.41) is 10.7. The van der Waals surface area contributed by atoms with Gasteiger partial charge in [-0.3, -0.25) is 4.79 Å². The highest BCUT2D eigenvalue weighted by molar-refractivity contribution is 7.89. The molecule has 0 radical (unpaired) electrons. The third-order valence-electron chi connectivity index (χ3n) is 2.89. The molecule has 1 heterocycles. The zero-order chi connectivity index (χ0) is 12.7. The fourth-order valence-electron chi connectivity index (χ4n) is 1.93. The molecule has 1 rings (SSSR count). The first kappa shape index (κ1) is 14.4. The number of amides is 1. The van der Waals surface area contributed by atoms with Crippen molar-refractivity contribution >= 4 is 15.9 Å². The number of carbonyl (C=O) groups excluding carboxylic acids is 1. The van der Waals surface area contributed by atoms with Crippen molar-refractivity contribution in [3.8, 4) is 0 Å². The second kappa shape index (κ2) is 6.93. The molecule has 0 aromatic rings. The van der Waals surface area contributed by atoms with Gasteiger partial charge in [0.2, 0.25) is 15.9 Å². The highest BCUT2D eigenvalue weighted by atomic mass is 32.2. The smallest absolute Gasteiger partial charge is 0.220 e. The number of carbonyl (C=O) groups is 1. The second-order valence-corrected chi connectivity index (χ2v) is 6.20. The Hall–Kier alpha value is -0.660. The van der Waals surface area contributed by atoms with Gasteiger partial charge in [0.1, 0.15) is 0 Å². The number of sulfonamides is 1. The number of hydrogen-bond donors (Lipinski definition) is 3. The van der Waals surface area contributed by atoms with Crippen LogP contribution < -0.4 is 15.8 Å². The molecular formula is C10H21N3O3S. The largest absolute Gasteiger partial charge is 0.355 e. The van der Waals surface area contributed by atoms with Crippen molar-refractivity contribution < 1.29 is 13.2 Å². The van der Waals surface area contributed by atoms with E-state index in [0.717, 1.165) is 32.4 Å². The van der Waals surface area contributed by atoms with Gasteiger partial charge in [0.25, 0.3) is 0 Å². The maximum atomic E-state index is 11.4. The Bertz CT molecular complexity index is 337. The predicted molar refractivity (Wildman–Crippen MR) is 65.8 cm³/mol. The van der Waals surface area contributed by atoms with E-state index in [1.807, 2.05) is 0 Å². The number of primary sulfonamides is 1. The summed E-state index contributed by atoms with van der Waals surface area (Å²) < 4.78 is 21.3. The molecule has 0 spiro atoms. The lowest BCUT2D eigenvalue weighted by Gasteiger charge is -2.22. The monoisotopic (exact) mass is 263 g/mol. The zero-order valence-electron chi connectivity index (χ0n) is 9.94. The first-order valence-corrected chi connectivity index (χ1v) is 7.67. The fourth-order valence-corrected chi connectivity index (χ4v) is 2.31. The molecular weight excluding hydrogens is 242 g/mol. The first-order valence-electron chi connectivity index (χ1n) is 5.95. The lowest BCUT2D eigenvalue weighted by Crippen LogP contribution is -2.33. The SMILES string of the molecule is NS(=O)(=O)CCNC(=O)CCC1CCCNC1. The molecule has 1 saturated heterocycles. The van der Waals surface area contributed by atoms with Crippen molar-refractivity contribution in [1.29, 1.82) is 0 Å². The summed E-state index contributed by atoms with van der Waals surface area (Å²) in [7, 11) is -3.48. The molecule has 100 valence electrons. The summed E-state index contributed by atoms with van der Waals surface area (Å²) in [6.07, 6.45) is 3.64. The molecule has 6 nitrogen and oxygen atoms in total. The van der Waals surface area contributed by atoms with Gasteiger partial charge < -0.3 is 10.6 Å². The topological polar surface area (TPSA) is 101 Å². The number of piperidine rings is 1.